The number of carbonyl (C=O) groups is 2. The molecule has 3 unspecified atom stereocenters. The van der Waals surface area contributed by atoms with Gasteiger partial charge in [-0.15, -0.1) is 0 Å². The van der Waals surface area contributed by atoms with Crippen molar-refractivity contribution in [3.8, 4) is 0 Å². The summed E-state index contributed by atoms with van der Waals surface area (Å²) in [6, 6.07) is 0. The second-order valence-electron chi connectivity index (χ2n) is 13.1. The predicted molar refractivity (Wildman–Crippen MR) is 123 cm³/mol. The first-order chi connectivity index (χ1) is 14.3. The van der Waals surface area contributed by atoms with Gasteiger partial charge in [-0.1, -0.05) is 41.0 Å². The monoisotopic (exact) mass is 434 g/mol. The Bertz CT molecular complexity index is 659. The summed E-state index contributed by atoms with van der Waals surface area (Å²) in [5, 5.41) is 0. The average molecular weight is 435 g/mol. The first-order valence-corrected chi connectivity index (χ1v) is 12.6. The molecule has 0 heterocycles. The Balaban J connectivity index is 1.58. The van der Waals surface area contributed by atoms with Crippen LogP contribution in [0.3, 0.4) is 0 Å². The van der Waals surface area contributed by atoms with Crippen LogP contribution in [0.5, 0.6) is 0 Å². The van der Waals surface area contributed by atoms with Crippen LogP contribution in [0.2, 0.25) is 0 Å². The van der Waals surface area contributed by atoms with Crippen LogP contribution in [0.1, 0.15) is 113 Å². The summed E-state index contributed by atoms with van der Waals surface area (Å²) in [6.07, 6.45) is 10.1. The zero-order chi connectivity index (χ0) is 23.1. The molecule has 0 aromatic rings. The number of rotatable bonds is 8. The van der Waals surface area contributed by atoms with E-state index in [0.29, 0.717) is 24.7 Å². The molecule has 0 saturated heterocycles. The predicted octanol–water partition coefficient (Wildman–Crippen LogP) is 6.70. The minimum absolute atomic E-state index is 0.0799. The van der Waals surface area contributed by atoms with Gasteiger partial charge in [0, 0.05) is 11.8 Å². The van der Waals surface area contributed by atoms with E-state index in [1.165, 1.54) is 44.9 Å². The van der Waals surface area contributed by atoms with Crippen LogP contribution in [-0.2, 0) is 19.1 Å². The van der Waals surface area contributed by atoms with E-state index in [1.807, 2.05) is 20.8 Å². The van der Waals surface area contributed by atoms with Crippen LogP contribution in [0.4, 0.5) is 0 Å². The van der Waals surface area contributed by atoms with Crippen LogP contribution in [0, 0.1) is 34.0 Å². The second kappa shape index (κ2) is 8.71. The summed E-state index contributed by atoms with van der Waals surface area (Å²) in [5.41, 5.74) is -0.0939. The maximum Gasteiger partial charge on any atom is 0.306 e. The molecule has 0 amide bonds. The maximum atomic E-state index is 12.8. The third-order valence-corrected chi connectivity index (χ3v) is 8.91. The number of carbonyl (C=O) groups excluding carboxylic acids is 2. The summed E-state index contributed by atoms with van der Waals surface area (Å²) in [4.78, 5) is 24.7. The van der Waals surface area contributed by atoms with Crippen molar-refractivity contribution in [2.75, 3.05) is 6.61 Å². The molecule has 0 spiro atoms. The molecule has 3 atom stereocenters. The topological polar surface area (TPSA) is 52.6 Å². The first kappa shape index (κ1) is 24.6. The lowest BCUT2D eigenvalue weighted by atomic mass is 9.56. The van der Waals surface area contributed by atoms with Gasteiger partial charge in [-0.25, -0.2) is 0 Å². The van der Waals surface area contributed by atoms with E-state index in [1.54, 1.807) is 0 Å². The van der Waals surface area contributed by atoms with Gasteiger partial charge in [0.25, 0.3) is 0 Å². The number of fused-ring (bicyclic) bond motifs is 1. The number of ether oxygens (including phenoxy) is 2. The summed E-state index contributed by atoms with van der Waals surface area (Å²) < 4.78 is 11.5. The molecule has 31 heavy (non-hydrogen) atoms. The fourth-order valence-corrected chi connectivity index (χ4v) is 7.17. The van der Waals surface area contributed by atoms with Gasteiger partial charge in [0.1, 0.15) is 5.60 Å². The van der Waals surface area contributed by atoms with Gasteiger partial charge in [0.2, 0.25) is 0 Å². The molecule has 0 N–H and O–H groups in total. The first-order valence-electron chi connectivity index (χ1n) is 12.6. The normalized spacial score (nSPS) is 35.0. The van der Waals surface area contributed by atoms with Gasteiger partial charge in [-0.3, -0.25) is 9.59 Å². The highest BCUT2D eigenvalue weighted by molar-refractivity contribution is 5.71. The van der Waals surface area contributed by atoms with E-state index in [-0.39, 0.29) is 29.4 Å². The van der Waals surface area contributed by atoms with Crippen molar-refractivity contribution in [2.24, 2.45) is 34.0 Å². The highest BCUT2D eigenvalue weighted by atomic mass is 16.6. The zero-order valence-electron chi connectivity index (χ0n) is 21.1. The Morgan fingerprint density at radius 2 is 1.58 bits per heavy atom. The Morgan fingerprint density at radius 1 is 0.968 bits per heavy atom. The standard InChI is InChI=1S/C27H46O4/c1-8-26(7)18-27(15-19-12-20(16-27)14-21(26)13-19)25(5,6)31-22(28)10-9-11-30-23(29)17-24(2,3)4/h19-21H,8-18H2,1-7H3. The van der Waals surface area contributed by atoms with Gasteiger partial charge >= 0.3 is 11.9 Å². The van der Waals surface area contributed by atoms with Gasteiger partial charge in [-0.05, 0) is 87.4 Å². The van der Waals surface area contributed by atoms with E-state index in [0.717, 1.165) is 17.8 Å². The minimum atomic E-state index is -0.459. The fourth-order valence-electron chi connectivity index (χ4n) is 7.17. The van der Waals surface area contributed by atoms with Crippen molar-refractivity contribution in [1.82, 2.24) is 0 Å². The molecule has 4 heteroatoms. The van der Waals surface area contributed by atoms with Crippen LogP contribution >= 0.6 is 0 Å². The molecule has 4 fully saturated rings. The molecule has 4 rings (SSSR count). The average Bonchev–Trinajstić information content (AvgIpc) is 2.76. The van der Waals surface area contributed by atoms with Gasteiger partial charge in [0.05, 0.1) is 13.0 Å². The molecule has 0 aliphatic heterocycles. The Hall–Kier alpha value is -1.06. The van der Waals surface area contributed by atoms with Gasteiger partial charge in [0.15, 0.2) is 0 Å². The molecule has 4 saturated carbocycles. The summed E-state index contributed by atoms with van der Waals surface area (Å²) in [6.45, 7) is 15.5. The highest BCUT2D eigenvalue weighted by Crippen LogP contribution is 2.66. The minimum Gasteiger partial charge on any atom is -0.466 e. The molecule has 0 radical (unpaired) electrons. The smallest absolute Gasteiger partial charge is 0.306 e. The lowest BCUT2D eigenvalue weighted by Gasteiger charge is -2.53. The van der Waals surface area contributed by atoms with Gasteiger partial charge in [-0.2, -0.15) is 0 Å². The molecule has 4 aliphatic rings. The van der Waals surface area contributed by atoms with Crippen molar-refractivity contribution in [3.05, 3.63) is 0 Å². The number of hydrogen-bond acceptors (Lipinski definition) is 4. The summed E-state index contributed by atoms with van der Waals surface area (Å²) >= 11 is 0. The van der Waals surface area contributed by atoms with Crippen LogP contribution in [-0.4, -0.2) is 24.1 Å². The van der Waals surface area contributed by atoms with E-state index in [9.17, 15) is 9.59 Å². The van der Waals surface area contributed by atoms with E-state index in [4.69, 9.17) is 9.47 Å². The number of hydrogen-bond donors (Lipinski definition) is 0. The van der Waals surface area contributed by atoms with Crippen LogP contribution in [0.25, 0.3) is 0 Å². The van der Waals surface area contributed by atoms with Crippen molar-refractivity contribution < 1.29 is 19.1 Å². The van der Waals surface area contributed by atoms with Crippen LogP contribution in [0.15, 0.2) is 0 Å². The molecule has 4 bridgehead atoms. The molecular weight excluding hydrogens is 388 g/mol. The number of esters is 2. The third kappa shape index (κ3) is 5.47. The third-order valence-electron chi connectivity index (χ3n) is 8.91. The van der Waals surface area contributed by atoms with Crippen molar-refractivity contribution >= 4 is 11.9 Å². The second-order valence-corrected chi connectivity index (χ2v) is 13.1. The molecule has 0 aromatic heterocycles. The lowest BCUT2D eigenvalue weighted by Crippen LogP contribution is -2.51. The van der Waals surface area contributed by atoms with Crippen molar-refractivity contribution in [1.29, 1.82) is 0 Å². The molecule has 178 valence electrons. The van der Waals surface area contributed by atoms with Gasteiger partial charge < -0.3 is 9.47 Å². The van der Waals surface area contributed by atoms with E-state index < -0.39 is 5.60 Å². The Morgan fingerprint density at radius 3 is 2.13 bits per heavy atom. The quantitative estimate of drug-likeness (QED) is 0.315. The Kier molecular flexibility index (Phi) is 6.90. The van der Waals surface area contributed by atoms with Crippen molar-refractivity contribution in [2.45, 2.75) is 118 Å². The SMILES string of the molecule is CCC1(C)CC2(C(C)(C)OC(=O)CCCOC(=O)CC(C)(C)C)CC3CC(CC1C3)C2. The maximum absolute atomic E-state index is 12.8. The lowest BCUT2D eigenvalue weighted by molar-refractivity contribution is -0.182. The Labute approximate surface area is 190 Å². The molecule has 4 aliphatic carbocycles. The zero-order valence-corrected chi connectivity index (χ0v) is 21.1. The fraction of sp³-hybridized carbons (Fsp3) is 0.926. The van der Waals surface area contributed by atoms with Crippen molar-refractivity contribution in [3.63, 3.8) is 0 Å². The largest absolute Gasteiger partial charge is 0.466 e. The summed E-state index contributed by atoms with van der Waals surface area (Å²) in [5.74, 6) is 2.09. The molecule has 4 nitrogen and oxygen atoms in total. The summed E-state index contributed by atoms with van der Waals surface area (Å²) in [7, 11) is 0. The molecular formula is C27H46O4. The molecule has 0 aromatic carbocycles. The van der Waals surface area contributed by atoms with Crippen LogP contribution < -0.4 is 0 Å². The van der Waals surface area contributed by atoms with E-state index in [2.05, 4.69) is 27.7 Å². The highest BCUT2D eigenvalue weighted by Gasteiger charge is 2.60. The van der Waals surface area contributed by atoms with E-state index >= 15 is 0 Å².